The van der Waals surface area contributed by atoms with E-state index in [0.717, 1.165) is 0 Å². The molecule has 3 rings (SSSR count). The van der Waals surface area contributed by atoms with Crippen LogP contribution in [0.2, 0.25) is 0 Å². The van der Waals surface area contributed by atoms with Crippen molar-refractivity contribution in [3.05, 3.63) is 60.2 Å². The van der Waals surface area contributed by atoms with Gasteiger partial charge in [0.15, 0.2) is 5.82 Å². The van der Waals surface area contributed by atoms with Crippen LogP contribution in [0, 0.1) is 5.82 Å². The average molecular weight is 327 g/mol. The van der Waals surface area contributed by atoms with Crippen LogP contribution in [0.25, 0.3) is 17.1 Å². The number of aromatic nitrogens is 3. The second kappa shape index (κ2) is 6.49. The van der Waals surface area contributed by atoms with Gasteiger partial charge in [0.25, 0.3) is 5.82 Å². The molecule has 122 valence electrons. The number of carboxylic acids is 1. The lowest BCUT2D eigenvalue weighted by Gasteiger charge is -2.07. The largest absolute Gasteiger partial charge is 0.494 e. The smallest absolute Gasteiger partial charge is 0.375 e. The van der Waals surface area contributed by atoms with Crippen molar-refractivity contribution in [1.82, 2.24) is 14.8 Å². The van der Waals surface area contributed by atoms with Gasteiger partial charge >= 0.3 is 5.97 Å². The van der Waals surface area contributed by atoms with Crippen molar-refractivity contribution < 1.29 is 19.0 Å². The molecule has 0 aliphatic rings. The third-order valence-corrected chi connectivity index (χ3v) is 3.29. The first kappa shape index (κ1) is 15.7. The molecular weight excluding hydrogens is 313 g/mol. The van der Waals surface area contributed by atoms with Crippen LogP contribution in [0.4, 0.5) is 4.39 Å². The Labute approximate surface area is 137 Å². The standard InChI is InChI=1S/C17H14FN3O3/c1-2-24-14-9-7-13(8-10-14)21-16(19-15(20-21)17(22)23)11-3-5-12(18)6-4-11/h3-10H,2H2,1H3,(H,22,23). The highest BCUT2D eigenvalue weighted by Gasteiger charge is 2.18. The van der Waals surface area contributed by atoms with Crippen LogP contribution in [0.15, 0.2) is 48.5 Å². The lowest BCUT2D eigenvalue weighted by molar-refractivity contribution is 0.0683. The molecule has 7 heteroatoms. The molecule has 6 nitrogen and oxygen atoms in total. The monoisotopic (exact) mass is 327 g/mol. The van der Waals surface area contributed by atoms with Gasteiger partial charge in [-0.1, -0.05) is 0 Å². The lowest BCUT2D eigenvalue weighted by atomic mass is 10.2. The molecule has 0 radical (unpaired) electrons. The lowest BCUT2D eigenvalue weighted by Crippen LogP contribution is -2.02. The molecule has 0 aliphatic carbocycles. The molecule has 0 amide bonds. The average Bonchev–Trinajstić information content (AvgIpc) is 3.02. The van der Waals surface area contributed by atoms with Crippen LogP contribution in [0.5, 0.6) is 5.75 Å². The molecule has 0 atom stereocenters. The molecule has 0 saturated carbocycles. The molecule has 3 aromatic rings. The zero-order valence-electron chi connectivity index (χ0n) is 12.8. The SMILES string of the molecule is CCOc1ccc(-n2nc(C(=O)O)nc2-c2ccc(F)cc2)cc1. The number of benzene rings is 2. The number of hydrogen-bond acceptors (Lipinski definition) is 4. The van der Waals surface area contributed by atoms with Gasteiger partial charge in [-0.3, -0.25) is 0 Å². The number of ether oxygens (including phenoxy) is 1. The van der Waals surface area contributed by atoms with Crippen molar-refractivity contribution in [3.8, 4) is 22.8 Å². The number of nitrogens with zero attached hydrogens (tertiary/aromatic N) is 3. The highest BCUT2D eigenvalue weighted by molar-refractivity contribution is 5.84. The van der Waals surface area contributed by atoms with Crippen molar-refractivity contribution in [2.24, 2.45) is 0 Å². The molecular formula is C17H14FN3O3. The van der Waals surface area contributed by atoms with Crippen LogP contribution in [-0.4, -0.2) is 32.4 Å². The molecule has 0 bridgehead atoms. The van der Waals surface area contributed by atoms with Crippen molar-refractivity contribution >= 4 is 5.97 Å². The van der Waals surface area contributed by atoms with Gasteiger partial charge in [0.2, 0.25) is 0 Å². The minimum absolute atomic E-state index is 0.316. The van der Waals surface area contributed by atoms with Crippen molar-refractivity contribution in [2.45, 2.75) is 6.92 Å². The third-order valence-electron chi connectivity index (χ3n) is 3.29. The third kappa shape index (κ3) is 3.10. The summed E-state index contributed by atoms with van der Waals surface area (Å²) in [7, 11) is 0. The second-order valence-electron chi connectivity index (χ2n) is 4.91. The van der Waals surface area contributed by atoms with E-state index in [-0.39, 0.29) is 11.6 Å². The number of hydrogen-bond donors (Lipinski definition) is 1. The number of carboxylic acid groups (broad SMARTS) is 1. The molecule has 2 aromatic carbocycles. The summed E-state index contributed by atoms with van der Waals surface area (Å²) in [5.74, 6) is -0.935. The Hall–Kier alpha value is -3.22. The number of carbonyl (C=O) groups is 1. The molecule has 0 saturated heterocycles. The minimum Gasteiger partial charge on any atom is -0.494 e. The fraction of sp³-hybridized carbons (Fsp3) is 0.118. The quantitative estimate of drug-likeness (QED) is 0.779. The summed E-state index contributed by atoms with van der Waals surface area (Å²) in [6.07, 6.45) is 0. The zero-order chi connectivity index (χ0) is 17.1. The van der Waals surface area contributed by atoms with E-state index in [4.69, 9.17) is 9.84 Å². The Kier molecular flexibility index (Phi) is 4.24. The van der Waals surface area contributed by atoms with E-state index in [1.165, 1.54) is 28.9 Å². The van der Waals surface area contributed by atoms with Gasteiger partial charge in [0.1, 0.15) is 11.6 Å². The molecule has 24 heavy (non-hydrogen) atoms. The maximum atomic E-state index is 13.1. The van der Waals surface area contributed by atoms with Crippen molar-refractivity contribution in [3.63, 3.8) is 0 Å². The Balaban J connectivity index is 2.08. The number of aromatic carboxylic acids is 1. The summed E-state index contributed by atoms with van der Waals surface area (Å²) in [5, 5.41) is 13.2. The minimum atomic E-state index is -1.23. The predicted octanol–water partition coefficient (Wildman–Crippen LogP) is 3.17. The first-order valence-electron chi connectivity index (χ1n) is 7.28. The molecule has 1 N–H and O–H groups in total. The Morgan fingerprint density at radius 3 is 2.42 bits per heavy atom. The molecule has 1 aromatic heterocycles. The van der Waals surface area contributed by atoms with E-state index in [1.54, 1.807) is 24.3 Å². The van der Waals surface area contributed by atoms with Crippen LogP contribution in [-0.2, 0) is 0 Å². The van der Waals surface area contributed by atoms with E-state index >= 15 is 0 Å². The first-order chi connectivity index (χ1) is 11.6. The van der Waals surface area contributed by atoms with Crippen LogP contribution >= 0.6 is 0 Å². The van der Waals surface area contributed by atoms with Crippen molar-refractivity contribution in [1.29, 1.82) is 0 Å². The van der Waals surface area contributed by atoms with Gasteiger partial charge < -0.3 is 9.84 Å². The Morgan fingerprint density at radius 2 is 1.83 bits per heavy atom. The Morgan fingerprint density at radius 1 is 1.17 bits per heavy atom. The second-order valence-corrected chi connectivity index (χ2v) is 4.91. The van der Waals surface area contributed by atoms with E-state index in [1.807, 2.05) is 6.92 Å². The van der Waals surface area contributed by atoms with Crippen molar-refractivity contribution in [2.75, 3.05) is 6.61 Å². The zero-order valence-corrected chi connectivity index (χ0v) is 12.8. The van der Waals surface area contributed by atoms with Gasteiger partial charge in [-0.05, 0) is 55.5 Å². The van der Waals surface area contributed by atoms with Gasteiger partial charge in [-0.2, -0.15) is 0 Å². The van der Waals surface area contributed by atoms with E-state index in [0.29, 0.717) is 29.4 Å². The highest BCUT2D eigenvalue weighted by atomic mass is 19.1. The van der Waals surface area contributed by atoms with Crippen LogP contribution in [0.1, 0.15) is 17.5 Å². The summed E-state index contributed by atoms with van der Waals surface area (Å²) >= 11 is 0. The topological polar surface area (TPSA) is 77.2 Å². The normalized spacial score (nSPS) is 10.6. The summed E-state index contributed by atoms with van der Waals surface area (Å²) in [4.78, 5) is 15.2. The van der Waals surface area contributed by atoms with Gasteiger partial charge in [-0.25, -0.2) is 18.9 Å². The fourth-order valence-electron chi connectivity index (χ4n) is 2.22. The Bertz CT molecular complexity index is 858. The summed E-state index contributed by atoms with van der Waals surface area (Å²) in [5.41, 5.74) is 1.18. The molecule has 0 fully saturated rings. The maximum Gasteiger partial charge on any atom is 0.375 e. The van der Waals surface area contributed by atoms with Crippen LogP contribution in [0.3, 0.4) is 0 Å². The predicted molar refractivity (Wildman–Crippen MR) is 84.9 cm³/mol. The number of rotatable bonds is 5. The number of halogens is 1. The van der Waals surface area contributed by atoms with Gasteiger partial charge in [0, 0.05) is 5.56 Å². The summed E-state index contributed by atoms with van der Waals surface area (Å²) < 4.78 is 19.9. The fourth-order valence-corrected chi connectivity index (χ4v) is 2.22. The van der Waals surface area contributed by atoms with E-state index in [2.05, 4.69) is 10.1 Å². The maximum absolute atomic E-state index is 13.1. The van der Waals surface area contributed by atoms with Gasteiger partial charge in [0.05, 0.1) is 12.3 Å². The summed E-state index contributed by atoms with van der Waals surface area (Å²) in [6.45, 7) is 2.43. The molecule has 0 aliphatic heterocycles. The molecule has 0 spiro atoms. The molecule has 0 unspecified atom stereocenters. The highest BCUT2D eigenvalue weighted by Crippen LogP contribution is 2.23. The van der Waals surface area contributed by atoms with Crippen LogP contribution < -0.4 is 4.74 Å². The first-order valence-corrected chi connectivity index (χ1v) is 7.28. The van der Waals surface area contributed by atoms with E-state index in [9.17, 15) is 9.18 Å². The molecule has 1 heterocycles. The summed E-state index contributed by atoms with van der Waals surface area (Å²) in [6, 6.07) is 12.6. The van der Waals surface area contributed by atoms with E-state index < -0.39 is 5.97 Å². The van der Waals surface area contributed by atoms with Gasteiger partial charge in [-0.15, -0.1) is 5.10 Å².